The van der Waals surface area contributed by atoms with Crippen molar-refractivity contribution in [2.75, 3.05) is 44.2 Å². The van der Waals surface area contributed by atoms with Gasteiger partial charge in [0.1, 0.15) is 0 Å². The standard InChI is InChI=1S/C16H26BrN3/c1-3-7-19-8-10-20(11-9-19)16-12-15(17)6-5-14(16)13-18-4-2/h5-6,12,18H,3-4,7-11,13H2,1-2H3. The fourth-order valence-electron chi connectivity index (χ4n) is 2.77. The van der Waals surface area contributed by atoms with E-state index in [1.54, 1.807) is 0 Å². The zero-order chi connectivity index (χ0) is 14.4. The van der Waals surface area contributed by atoms with Gasteiger partial charge in [0, 0.05) is 42.9 Å². The van der Waals surface area contributed by atoms with E-state index in [0.717, 1.165) is 26.2 Å². The van der Waals surface area contributed by atoms with Gasteiger partial charge in [0.25, 0.3) is 0 Å². The van der Waals surface area contributed by atoms with Gasteiger partial charge in [0.05, 0.1) is 0 Å². The third-order valence-corrected chi connectivity index (χ3v) is 4.36. The Kier molecular flexibility index (Phi) is 6.33. The fraction of sp³-hybridized carbons (Fsp3) is 0.625. The smallest absolute Gasteiger partial charge is 0.0424 e. The zero-order valence-corrected chi connectivity index (χ0v) is 14.2. The van der Waals surface area contributed by atoms with Crippen molar-refractivity contribution in [2.45, 2.75) is 26.8 Å². The maximum Gasteiger partial charge on any atom is 0.0424 e. The Morgan fingerprint density at radius 3 is 2.55 bits per heavy atom. The number of hydrogen-bond donors (Lipinski definition) is 1. The highest BCUT2D eigenvalue weighted by molar-refractivity contribution is 9.10. The monoisotopic (exact) mass is 339 g/mol. The van der Waals surface area contributed by atoms with Gasteiger partial charge in [-0.05, 0) is 37.2 Å². The number of hydrogen-bond acceptors (Lipinski definition) is 3. The number of halogens is 1. The molecule has 1 saturated heterocycles. The van der Waals surface area contributed by atoms with Gasteiger partial charge in [-0.2, -0.15) is 0 Å². The molecule has 20 heavy (non-hydrogen) atoms. The summed E-state index contributed by atoms with van der Waals surface area (Å²) in [7, 11) is 0. The summed E-state index contributed by atoms with van der Waals surface area (Å²) < 4.78 is 1.17. The lowest BCUT2D eigenvalue weighted by atomic mass is 10.1. The molecule has 0 amide bonds. The third-order valence-electron chi connectivity index (χ3n) is 3.87. The van der Waals surface area contributed by atoms with E-state index in [2.05, 4.69) is 63.1 Å². The van der Waals surface area contributed by atoms with Crippen LogP contribution in [0.3, 0.4) is 0 Å². The zero-order valence-electron chi connectivity index (χ0n) is 12.7. The van der Waals surface area contributed by atoms with E-state index < -0.39 is 0 Å². The number of piperazine rings is 1. The van der Waals surface area contributed by atoms with Gasteiger partial charge in [0.2, 0.25) is 0 Å². The molecule has 1 aromatic carbocycles. The average molecular weight is 340 g/mol. The molecule has 112 valence electrons. The molecule has 0 radical (unpaired) electrons. The van der Waals surface area contributed by atoms with Gasteiger partial charge in [0.15, 0.2) is 0 Å². The summed E-state index contributed by atoms with van der Waals surface area (Å²) in [6.07, 6.45) is 1.25. The van der Waals surface area contributed by atoms with E-state index in [-0.39, 0.29) is 0 Å². The SMILES string of the molecule is CCCN1CCN(c2cc(Br)ccc2CNCC)CC1. The summed E-state index contributed by atoms with van der Waals surface area (Å²) in [6.45, 7) is 12.2. The van der Waals surface area contributed by atoms with E-state index >= 15 is 0 Å². The quantitative estimate of drug-likeness (QED) is 0.859. The van der Waals surface area contributed by atoms with Gasteiger partial charge in [-0.25, -0.2) is 0 Å². The highest BCUT2D eigenvalue weighted by Crippen LogP contribution is 2.26. The van der Waals surface area contributed by atoms with E-state index in [0.29, 0.717) is 0 Å². The van der Waals surface area contributed by atoms with Crippen LogP contribution >= 0.6 is 15.9 Å². The predicted molar refractivity (Wildman–Crippen MR) is 90.5 cm³/mol. The van der Waals surface area contributed by atoms with Crippen LogP contribution < -0.4 is 10.2 Å². The highest BCUT2D eigenvalue weighted by Gasteiger charge is 2.18. The van der Waals surface area contributed by atoms with E-state index in [1.807, 2.05) is 0 Å². The molecule has 0 aliphatic carbocycles. The first-order valence-corrected chi connectivity index (χ1v) is 8.50. The largest absolute Gasteiger partial charge is 0.369 e. The summed E-state index contributed by atoms with van der Waals surface area (Å²) in [5.41, 5.74) is 2.79. The number of nitrogens with one attached hydrogen (secondary N) is 1. The van der Waals surface area contributed by atoms with E-state index in [9.17, 15) is 0 Å². The molecule has 2 rings (SSSR count). The molecule has 1 heterocycles. The van der Waals surface area contributed by atoms with Crippen molar-refractivity contribution in [3.63, 3.8) is 0 Å². The van der Waals surface area contributed by atoms with Gasteiger partial charge in [-0.1, -0.05) is 35.8 Å². The number of rotatable bonds is 6. The molecule has 1 fully saturated rings. The summed E-state index contributed by atoms with van der Waals surface area (Å²) in [5.74, 6) is 0. The van der Waals surface area contributed by atoms with Crippen LogP contribution in [-0.2, 0) is 6.54 Å². The van der Waals surface area contributed by atoms with Crippen molar-refractivity contribution in [1.82, 2.24) is 10.2 Å². The lowest BCUT2D eigenvalue weighted by Crippen LogP contribution is -2.46. The topological polar surface area (TPSA) is 18.5 Å². The molecular weight excluding hydrogens is 314 g/mol. The molecule has 0 saturated carbocycles. The molecule has 4 heteroatoms. The molecule has 0 unspecified atom stereocenters. The summed E-state index contributed by atoms with van der Waals surface area (Å²) in [4.78, 5) is 5.10. The molecule has 1 N–H and O–H groups in total. The fourth-order valence-corrected chi connectivity index (χ4v) is 3.12. The lowest BCUT2D eigenvalue weighted by molar-refractivity contribution is 0.258. The van der Waals surface area contributed by atoms with Crippen molar-refractivity contribution in [1.29, 1.82) is 0 Å². The van der Waals surface area contributed by atoms with Crippen LogP contribution in [0.15, 0.2) is 22.7 Å². The Labute approximate surface area is 131 Å². The predicted octanol–water partition coefficient (Wildman–Crippen LogP) is 3.09. The molecule has 3 nitrogen and oxygen atoms in total. The van der Waals surface area contributed by atoms with E-state index in [1.165, 1.54) is 41.8 Å². The Morgan fingerprint density at radius 2 is 1.90 bits per heavy atom. The molecule has 1 aliphatic heterocycles. The van der Waals surface area contributed by atoms with Crippen LogP contribution in [0.25, 0.3) is 0 Å². The third kappa shape index (κ3) is 4.21. The minimum Gasteiger partial charge on any atom is -0.369 e. The van der Waals surface area contributed by atoms with Crippen molar-refractivity contribution in [3.05, 3.63) is 28.2 Å². The van der Waals surface area contributed by atoms with Crippen molar-refractivity contribution >= 4 is 21.6 Å². The van der Waals surface area contributed by atoms with Crippen LogP contribution in [0.5, 0.6) is 0 Å². The van der Waals surface area contributed by atoms with E-state index in [4.69, 9.17) is 0 Å². The summed E-state index contributed by atoms with van der Waals surface area (Å²) >= 11 is 3.61. The highest BCUT2D eigenvalue weighted by atomic mass is 79.9. The Balaban J connectivity index is 2.05. The second-order valence-electron chi connectivity index (χ2n) is 5.38. The maximum absolute atomic E-state index is 3.61. The maximum atomic E-state index is 3.61. The van der Waals surface area contributed by atoms with Gasteiger partial charge >= 0.3 is 0 Å². The first-order chi connectivity index (χ1) is 9.74. The first-order valence-electron chi connectivity index (χ1n) is 7.71. The van der Waals surface area contributed by atoms with Gasteiger partial charge < -0.3 is 10.2 Å². The summed E-state index contributed by atoms with van der Waals surface area (Å²) in [5, 5.41) is 3.44. The second kappa shape index (κ2) is 8.01. The molecule has 0 bridgehead atoms. The molecule has 0 aromatic heterocycles. The Hall–Kier alpha value is -0.580. The summed E-state index contributed by atoms with van der Waals surface area (Å²) in [6, 6.07) is 6.64. The van der Waals surface area contributed by atoms with Crippen LogP contribution in [0.1, 0.15) is 25.8 Å². The normalized spacial score (nSPS) is 16.6. The van der Waals surface area contributed by atoms with Crippen molar-refractivity contribution in [3.8, 4) is 0 Å². The second-order valence-corrected chi connectivity index (χ2v) is 6.30. The Morgan fingerprint density at radius 1 is 1.15 bits per heavy atom. The minimum atomic E-state index is 0.953. The van der Waals surface area contributed by atoms with Crippen molar-refractivity contribution in [2.24, 2.45) is 0 Å². The van der Waals surface area contributed by atoms with Crippen molar-refractivity contribution < 1.29 is 0 Å². The number of benzene rings is 1. The number of nitrogens with zero attached hydrogens (tertiary/aromatic N) is 2. The average Bonchev–Trinajstić information content (AvgIpc) is 2.47. The lowest BCUT2D eigenvalue weighted by Gasteiger charge is -2.37. The van der Waals surface area contributed by atoms with Crippen LogP contribution in [0.4, 0.5) is 5.69 Å². The molecular formula is C16H26BrN3. The van der Waals surface area contributed by atoms with Crippen LogP contribution in [0.2, 0.25) is 0 Å². The Bertz CT molecular complexity index is 414. The molecule has 1 aromatic rings. The van der Waals surface area contributed by atoms with Crippen LogP contribution in [0, 0.1) is 0 Å². The number of anilines is 1. The van der Waals surface area contributed by atoms with Crippen LogP contribution in [-0.4, -0.2) is 44.2 Å². The molecule has 0 atom stereocenters. The van der Waals surface area contributed by atoms with Gasteiger partial charge in [-0.3, -0.25) is 4.90 Å². The molecule has 0 spiro atoms. The minimum absolute atomic E-state index is 0.953. The molecule has 1 aliphatic rings. The van der Waals surface area contributed by atoms with Gasteiger partial charge in [-0.15, -0.1) is 0 Å². The first kappa shape index (κ1) is 15.8.